The second-order valence-electron chi connectivity index (χ2n) is 6.80. The zero-order valence-corrected chi connectivity index (χ0v) is 16.4. The molecule has 0 fully saturated rings. The van der Waals surface area contributed by atoms with Crippen molar-refractivity contribution in [2.75, 3.05) is 11.9 Å². The van der Waals surface area contributed by atoms with E-state index in [1.54, 1.807) is 12.1 Å². The van der Waals surface area contributed by atoms with Crippen molar-refractivity contribution in [2.24, 2.45) is 0 Å². The summed E-state index contributed by atoms with van der Waals surface area (Å²) >= 11 is 1.47. The van der Waals surface area contributed by atoms with Gasteiger partial charge in [-0.2, -0.15) is 5.26 Å². The van der Waals surface area contributed by atoms with Crippen LogP contribution >= 0.6 is 11.3 Å². The monoisotopic (exact) mass is 382 g/mol. The predicted octanol–water partition coefficient (Wildman–Crippen LogP) is 4.30. The highest BCUT2D eigenvalue weighted by Crippen LogP contribution is 2.36. The highest BCUT2D eigenvalue weighted by Gasteiger charge is 2.21. The van der Waals surface area contributed by atoms with Gasteiger partial charge in [-0.25, -0.2) is 4.79 Å². The van der Waals surface area contributed by atoms with Gasteiger partial charge >= 0.3 is 5.97 Å². The molecular weight excluding hydrogens is 360 g/mol. The number of esters is 1. The minimum absolute atomic E-state index is 0.376. The number of nitriles is 1. The summed E-state index contributed by atoms with van der Waals surface area (Å²) in [5.41, 5.74) is 4.14. The SMILES string of the molecule is Cc1ccc(C(=O)OCC(=O)Nc2sc3c(c2C#N)CCCCC3)cc1C. The van der Waals surface area contributed by atoms with Crippen LogP contribution in [0.25, 0.3) is 0 Å². The number of carbonyl (C=O) groups is 2. The number of fused-ring (bicyclic) bond motifs is 1. The van der Waals surface area contributed by atoms with Gasteiger partial charge in [0.2, 0.25) is 0 Å². The zero-order valence-electron chi connectivity index (χ0n) is 15.6. The largest absolute Gasteiger partial charge is 0.452 e. The average molecular weight is 382 g/mol. The minimum atomic E-state index is -0.532. The summed E-state index contributed by atoms with van der Waals surface area (Å²) in [6.07, 6.45) is 5.18. The van der Waals surface area contributed by atoms with E-state index in [1.165, 1.54) is 22.6 Å². The molecule has 0 bridgehead atoms. The number of ether oxygens (including phenoxy) is 1. The van der Waals surface area contributed by atoms with E-state index in [0.717, 1.165) is 42.4 Å². The van der Waals surface area contributed by atoms with Crippen LogP contribution in [0.2, 0.25) is 0 Å². The lowest BCUT2D eigenvalue weighted by molar-refractivity contribution is -0.119. The Balaban J connectivity index is 1.63. The Morgan fingerprint density at radius 3 is 2.70 bits per heavy atom. The molecule has 0 unspecified atom stereocenters. The summed E-state index contributed by atoms with van der Waals surface area (Å²) in [6, 6.07) is 7.51. The molecular formula is C21H22N2O3S. The van der Waals surface area contributed by atoms with Gasteiger partial charge in [0.05, 0.1) is 11.1 Å². The Kier molecular flexibility index (Phi) is 5.92. The number of anilines is 1. The minimum Gasteiger partial charge on any atom is -0.452 e. The summed E-state index contributed by atoms with van der Waals surface area (Å²) in [6.45, 7) is 3.51. The first-order valence-corrected chi connectivity index (χ1v) is 9.90. The van der Waals surface area contributed by atoms with E-state index in [1.807, 2.05) is 19.9 Å². The third kappa shape index (κ3) is 4.37. The van der Waals surface area contributed by atoms with Crippen LogP contribution in [-0.2, 0) is 22.4 Å². The van der Waals surface area contributed by atoms with Crippen LogP contribution in [0.4, 0.5) is 5.00 Å². The molecule has 140 valence electrons. The maximum atomic E-state index is 12.2. The van der Waals surface area contributed by atoms with Gasteiger partial charge in [0.15, 0.2) is 6.61 Å². The molecule has 0 atom stereocenters. The fourth-order valence-corrected chi connectivity index (χ4v) is 4.45. The zero-order chi connectivity index (χ0) is 19.4. The van der Waals surface area contributed by atoms with Gasteiger partial charge in [-0.3, -0.25) is 4.79 Å². The van der Waals surface area contributed by atoms with Gasteiger partial charge in [-0.05, 0) is 68.4 Å². The molecule has 1 aromatic heterocycles. The highest BCUT2D eigenvalue weighted by atomic mass is 32.1. The molecule has 6 heteroatoms. The molecule has 1 amide bonds. The number of hydrogen-bond donors (Lipinski definition) is 1. The standard InChI is InChI=1S/C21H22N2O3S/c1-13-8-9-15(10-14(13)2)21(25)26-12-19(24)23-20-17(11-22)16-6-4-3-5-7-18(16)27-20/h8-10H,3-7,12H2,1-2H3,(H,23,24). The number of rotatable bonds is 4. The van der Waals surface area contributed by atoms with Crippen LogP contribution in [0.15, 0.2) is 18.2 Å². The van der Waals surface area contributed by atoms with Crippen molar-refractivity contribution in [3.8, 4) is 6.07 Å². The summed E-state index contributed by atoms with van der Waals surface area (Å²) in [5, 5.41) is 12.8. The molecule has 1 N–H and O–H groups in total. The van der Waals surface area contributed by atoms with Gasteiger partial charge in [-0.1, -0.05) is 12.5 Å². The number of nitrogens with zero attached hydrogens (tertiary/aromatic N) is 1. The van der Waals surface area contributed by atoms with Crippen LogP contribution in [0.3, 0.4) is 0 Å². The number of carbonyl (C=O) groups excluding carboxylic acids is 2. The Labute approximate surface area is 163 Å². The topological polar surface area (TPSA) is 79.2 Å². The second-order valence-corrected chi connectivity index (χ2v) is 7.91. The first-order chi connectivity index (χ1) is 13.0. The van der Waals surface area contributed by atoms with Crippen molar-refractivity contribution in [3.63, 3.8) is 0 Å². The number of nitrogens with one attached hydrogen (secondary N) is 1. The molecule has 1 heterocycles. The fraction of sp³-hybridized carbons (Fsp3) is 0.381. The normalized spacial score (nSPS) is 13.2. The molecule has 0 saturated heterocycles. The summed E-state index contributed by atoms with van der Waals surface area (Å²) in [7, 11) is 0. The molecule has 27 heavy (non-hydrogen) atoms. The van der Waals surface area contributed by atoms with E-state index in [9.17, 15) is 14.9 Å². The first kappa shape index (κ1) is 19.1. The number of hydrogen-bond acceptors (Lipinski definition) is 5. The number of aryl methyl sites for hydroxylation is 3. The van der Waals surface area contributed by atoms with Crippen LogP contribution < -0.4 is 5.32 Å². The number of amides is 1. The lowest BCUT2D eigenvalue weighted by atomic mass is 10.1. The highest BCUT2D eigenvalue weighted by molar-refractivity contribution is 7.16. The molecule has 3 rings (SSSR count). The maximum Gasteiger partial charge on any atom is 0.338 e. The van der Waals surface area contributed by atoms with Crippen molar-refractivity contribution in [1.82, 2.24) is 0 Å². The van der Waals surface area contributed by atoms with Crippen LogP contribution in [0.5, 0.6) is 0 Å². The van der Waals surface area contributed by atoms with Crippen LogP contribution in [-0.4, -0.2) is 18.5 Å². The molecule has 0 spiro atoms. The Morgan fingerprint density at radius 1 is 1.19 bits per heavy atom. The third-order valence-corrected chi connectivity index (χ3v) is 6.07. The van der Waals surface area contributed by atoms with Gasteiger partial charge in [0.25, 0.3) is 5.91 Å². The Hall–Kier alpha value is -2.65. The van der Waals surface area contributed by atoms with E-state index in [0.29, 0.717) is 16.1 Å². The molecule has 5 nitrogen and oxygen atoms in total. The van der Waals surface area contributed by atoms with Crippen molar-refractivity contribution < 1.29 is 14.3 Å². The molecule has 0 radical (unpaired) electrons. The molecule has 0 saturated carbocycles. The first-order valence-electron chi connectivity index (χ1n) is 9.08. The van der Waals surface area contributed by atoms with Gasteiger partial charge in [0.1, 0.15) is 11.1 Å². The van der Waals surface area contributed by atoms with Crippen molar-refractivity contribution in [2.45, 2.75) is 46.0 Å². The summed E-state index contributed by atoms with van der Waals surface area (Å²) in [5.74, 6) is -0.962. The summed E-state index contributed by atoms with van der Waals surface area (Å²) in [4.78, 5) is 25.5. The molecule has 0 aliphatic heterocycles. The molecule has 1 aliphatic rings. The van der Waals surface area contributed by atoms with E-state index in [-0.39, 0.29) is 6.61 Å². The second kappa shape index (κ2) is 8.36. The predicted molar refractivity (Wildman–Crippen MR) is 105 cm³/mol. The maximum absolute atomic E-state index is 12.2. The van der Waals surface area contributed by atoms with Crippen LogP contribution in [0, 0.1) is 25.2 Å². The number of benzene rings is 1. The van der Waals surface area contributed by atoms with Crippen LogP contribution in [0.1, 0.15) is 56.8 Å². The average Bonchev–Trinajstić information content (AvgIpc) is 2.81. The van der Waals surface area contributed by atoms with Gasteiger partial charge < -0.3 is 10.1 Å². The van der Waals surface area contributed by atoms with E-state index in [4.69, 9.17) is 4.74 Å². The fourth-order valence-electron chi connectivity index (χ4n) is 3.19. The third-order valence-electron chi connectivity index (χ3n) is 4.86. The molecule has 1 aliphatic carbocycles. The smallest absolute Gasteiger partial charge is 0.338 e. The van der Waals surface area contributed by atoms with Crippen molar-refractivity contribution in [1.29, 1.82) is 5.26 Å². The van der Waals surface area contributed by atoms with E-state index >= 15 is 0 Å². The lowest BCUT2D eigenvalue weighted by Gasteiger charge is -2.07. The van der Waals surface area contributed by atoms with E-state index < -0.39 is 11.9 Å². The van der Waals surface area contributed by atoms with Gasteiger partial charge in [-0.15, -0.1) is 11.3 Å². The quantitative estimate of drug-likeness (QED) is 0.631. The number of thiophene rings is 1. The van der Waals surface area contributed by atoms with E-state index in [2.05, 4.69) is 11.4 Å². The summed E-state index contributed by atoms with van der Waals surface area (Å²) < 4.78 is 5.12. The Bertz CT molecular complexity index is 924. The van der Waals surface area contributed by atoms with Gasteiger partial charge in [0, 0.05) is 4.88 Å². The Morgan fingerprint density at radius 2 is 1.96 bits per heavy atom. The molecule has 1 aromatic carbocycles. The lowest BCUT2D eigenvalue weighted by Crippen LogP contribution is -2.21. The van der Waals surface area contributed by atoms with Crippen molar-refractivity contribution >= 4 is 28.2 Å². The molecule has 2 aromatic rings. The van der Waals surface area contributed by atoms with Crippen molar-refractivity contribution in [3.05, 3.63) is 50.9 Å².